The van der Waals surface area contributed by atoms with Crippen molar-refractivity contribution in [3.8, 4) is 11.5 Å². The van der Waals surface area contributed by atoms with E-state index in [4.69, 9.17) is 9.47 Å². The number of ether oxygens (including phenoxy) is 2. The normalized spacial score (nSPS) is 16.4. The fourth-order valence-electron chi connectivity index (χ4n) is 2.80. The minimum absolute atomic E-state index is 0.228. The Labute approximate surface area is 114 Å². The topological polar surface area (TPSA) is 30.5 Å². The van der Waals surface area contributed by atoms with E-state index in [9.17, 15) is 4.39 Å². The van der Waals surface area contributed by atoms with E-state index in [1.807, 2.05) is 13.0 Å². The van der Waals surface area contributed by atoms with Gasteiger partial charge in [0.15, 0.2) is 17.3 Å². The molecule has 1 aromatic carbocycles. The largest absolute Gasteiger partial charge is 0.492 e. The standard InChI is InChI=1S/C15H22FNO2/c1-10-8-12(9-11-4-6-17-7-5-11)13(16)15(19-3)14(10)18-2/h8,11,17H,4-7,9H2,1-3H3. The van der Waals surface area contributed by atoms with Gasteiger partial charge in [-0.05, 0) is 62.4 Å². The quantitative estimate of drug-likeness (QED) is 0.910. The van der Waals surface area contributed by atoms with Crippen LogP contribution in [0.15, 0.2) is 6.07 Å². The molecular formula is C15H22FNO2. The summed E-state index contributed by atoms with van der Waals surface area (Å²) in [6.07, 6.45) is 2.98. The molecule has 1 fully saturated rings. The molecular weight excluding hydrogens is 245 g/mol. The van der Waals surface area contributed by atoms with Gasteiger partial charge in [0.1, 0.15) is 0 Å². The number of rotatable bonds is 4. The number of nitrogens with one attached hydrogen (secondary N) is 1. The highest BCUT2D eigenvalue weighted by molar-refractivity contribution is 5.50. The summed E-state index contributed by atoms with van der Waals surface area (Å²) >= 11 is 0. The molecule has 1 heterocycles. The van der Waals surface area contributed by atoms with Gasteiger partial charge in [-0.3, -0.25) is 0 Å². The minimum Gasteiger partial charge on any atom is -0.492 e. The van der Waals surface area contributed by atoms with Crippen molar-refractivity contribution in [3.05, 3.63) is 23.0 Å². The summed E-state index contributed by atoms with van der Waals surface area (Å²) in [5.74, 6) is 0.997. The lowest BCUT2D eigenvalue weighted by Gasteiger charge is -2.23. The lowest BCUT2D eigenvalue weighted by atomic mass is 9.90. The molecule has 0 amide bonds. The molecule has 1 saturated heterocycles. The van der Waals surface area contributed by atoms with Gasteiger partial charge < -0.3 is 14.8 Å². The van der Waals surface area contributed by atoms with Crippen molar-refractivity contribution in [1.29, 1.82) is 0 Å². The molecule has 106 valence electrons. The third-order valence-corrected chi connectivity index (χ3v) is 3.81. The molecule has 3 nitrogen and oxygen atoms in total. The molecule has 0 radical (unpaired) electrons. The molecule has 0 unspecified atom stereocenters. The molecule has 1 aliphatic rings. The van der Waals surface area contributed by atoms with Gasteiger partial charge in [-0.15, -0.1) is 0 Å². The average molecular weight is 267 g/mol. The molecule has 0 saturated carbocycles. The summed E-state index contributed by atoms with van der Waals surface area (Å²) in [4.78, 5) is 0. The molecule has 0 bridgehead atoms. The Morgan fingerprint density at radius 2 is 1.84 bits per heavy atom. The number of halogens is 1. The van der Waals surface area contributed by atoms with Crippen LogP contribution in [0.2, 0.25) is 0 Å². The van der Waals surface area contributed by atoms with Crippen LogP contribution in [0.1, 0.15) is 24.0 Å². The highest BCUT2D eigenvalue weighted by Gasteiger charge is 2.21. The number of hydrogen-bond acceptors (Lipinski definition) is 3. The first-order chi connectivity index (χ1) is 9.17. The number of hydrogen-bond donors (Lipinski definition) is 1. The molecule has 1 aliphatic heterocycles. The summed E-state index contributed by atoms with van der Waals surface area (Å²) in [7, 11) is 3.02. The predicted octanol–water partition coefficient (Wildman–Crippen LogP) is 2.69. The van der Waals surface area contributed by atoms with E-state index in [0.29, 0.717) is 11.7 Å². The molecule has 1 N–H and O–H groups in total. The molecule has 19 heavy (non-hydrogen) atoms. The van der Waals surface area contributed by atoms with Gasteiger partial charge in [0.25, 0.3) is 0 Å². The van der Waals surface area contributed by atoms with E-state index in [-0.39, 0.29) is 11.6 Å². The Kier molecular flexibility index (Phi) is 4.64. The average Bonchev–Trinajstić information content (AvgIpc) is 2.43. The molecule has 1 aromatic rings. The van der Waals surface area contributed by atoms with Crippen molar-refractivity contribution >= 4 is 0 Å². The fraction of sp³-hybridized carbons (Fsp3) is 0.600. The fourth-order valence-corrected chi connectivity index (χ4v) is 2.80. The molecule has 0 aromatic heterocycles. The van der Waals surface area contributed by atoms with Gasteiger partial charge in [-0.2, -0.15) is 0 Å². The van der Waals surface area contributed by atoms with Crippen LogP contribution in [0.4, 0.5) is 4.39 Å². The maximum absolute atomic E-state index is 14.4. The first-order valence-corrected chi connectivity index (χ1v) is 6.78. The van der Waals surface area contributed by atoms with E-state index >= 15 is 0 Å². The van der Waals surface area contributed by atoms with Gasteiger partial charge in [0, 0.05) is 0 Å². The lowest BCUT2D eigenvalue weighted by Crippen LogP contribution is -2.28. The van der Waals surface area contributed by atoms with E-state index in [1.54, 1.807) is 0 Å². The number of methoxy groups -OCH3 is 2. The maximum Gasteiger partial charge on any atom is 0.197 e. The first kappa shape index (κ1) is 14.1. The monoisotopic (exact) mass is 267 g/mol. The Hall–Kier alpha value is -1.29. The van der Waals surface area contributed by atoms with Crippen LogP contribution < -0.4 is 14.8 Å². The van der Waals surface area contributed by atoms with E-state index < -0.39 is 0 Å². The Bertz CT molecular complexity index is 442. The SMILES string of the molecule is COc1c(C)cc(CC2CCNCC2)c(F)c1OC. The minimum atomic E-state index is -0.275. The molecule has 0 atom stereocenters. The zero-order valence-corrected chi connectivity index (χ0v) is 11.9. The van der Waals surface area contributed by atoms with E-state index in [2.05, 4.69) is 5.32 Å². The van der Waals surface area contributed by atoms with Gasteiger partial charge >= 0.3 is 0 Å². The summed E-state index contributed by atoms with van der Waals surface area (Å²) in [5, 5.41) is 3.33. The van der Waals surface area contributed by atoms with Crippen molar-refractivity contribution < 1.29 is 13.9 Å². The third-order valence-electron chi connectivity index (χ3n) is 3.81. The second kappa shape index (κ2) is 6.24. The Balaban J connectivity index is 2.27. The first-order valence-electron chi connectivity index (χ1n) is 6.78. The maximum atomic E-state index is 14.4. The third kappa shape index (κ3) is 3.00. The zero-order chi connectivity index (χ0) is 13.8. The summed E-state index contributed by atoms with van der Waals surface area (Å²) in [5.41, 5.74) is 1.66. The molecule has 0 aliphatic carbocycles. The highest BCUT2D eigenvalue weighted by Crippen LogP contribution is 2.36. The number of piperidine rings is 1. The van der Waals surface area contributed by atoms with Crippen molar-refractivity contribution in [1.82, 2.24) is 5.32 Å². The van der Waals surface area contributed by atoms with Gasteiger partial charge in [0.2, 0.25) is 0 Å². The van der Waals surface area contributed by atoms with Crippen LogP contribution in [0, 0.1) is 18.7 Å². The van der Waals surface area contributed by atoms with Crippen LogP contribution in [0.5, 0.6) is 11.5 Å². The van der Waals surface area contributed by atoms with Crippen LogP contribution in [0.3, 0.4) is 0 Å². The second-order valence-electron chi connectivity index (χ2n) is 5.13. The Morgan fingerprint density at radius 3 is 2.42 bits per heavy atom. The predicted molar refractivity (Wildman–Crippen MR) is 73.5 cm³/mol. The summed E-state index contributed by atoms with van der Waals surface area (Å²) in [6, 6.07) is 1.89. The van der Waals surface area contributed by atoms with Crippen molar-refractivity contribution in [2.75, 3.05) is 27.3 Å². The zero-order valence-electron chi connectivity index (χ0n) is 11.9. The lowest BCUT2D eigenvalue weighted by molar-refractivity contribution is 0.329. The van der Waals surface area contributed by atoms with Crippen molar-refractivity contribution in [2.24, 2.45) is 5.92 Å². The van der Waals surface area contributed by atoms with E-state index in [0.717, 1.165) is 43.5 Å². The number of benzene rings is 1. The van der Waals surface area contributed by atoms with E-state index in [1.165, 1.54) is 14.2 Å². The van der Waals surface area contributed by atoms with Crippen molar-refractivity contribution in [2.45, 2.75) is 26.2 Å². The molecule has 2 rings (SSSR count). The van der Waals surface area contributed by atoms with Crippen molar-refractivity contribution in [3.63, 3.8) is 0 Å². The summed E-state index contributed by atoms with van der Waals surface area (Å²) < 4.78 is 24.8. The van der Waals surface area contributed by atoms with Gasteiger partial charge in [-0.25, -0.2) is 4.39 Å². The molecule has 0 spiro atoms. The Morgan fingerprint density at radius 1 is 1.21 bits per heavy atom. The van der Waals surface area contributed by atoms with Crippen LogP contribution >= 0.6 is 0 Å². The number of aryl methyl sites for hydroxylation is 1. The van der Waals surface area contributed by atoms with Crippen LogP contribution in [0.25, 0.3) is 0 Å². The van der Waals surface area contributed by atoms with Gasteiger partial charge in [0.05, 0.1) is 14.2 Å². The van der Waals surface area contributed by atoms with Crippen LogP contribution in [-0.2, 0) is 6.42 Å². The van der Waals surface area contributed by atoms with Crippen LogP contribution in [-0.4, -0.2) is 27.3 Å². The second-order valence-corrected chi connectivity index (χ2v) is 5.13. The van der Waals surface area contributed by atoms with Gasteiger partial charge in [-0.1, -0.05) is 0 Å². The smallest absolute Gasteiger partial charge is 0.197 e. The molecule has 4 heteroatoms. The summed E-state index contributed by atoms with van der Waals surface area (Å²) in [6.45, 7) is 3.98. The highest BCUT2D eigenvalue weighted by atomic mass is 19.1.